The lowest BCUT2D eigenvalue weighted by Crippen LogP contribution is -2.26. The van der Waals surface area contributed by atoms with Crippen molar-refractivity contribution >= 4 is 21.6 Å². The fraction of sp³-hybridized carbons (Fsp3) is 0.133. The zero-order chi connectivity index (χ0) is 13.8. The summed E-state index contributed by atoms with van der Waals surface area (Å²) in [6.07, 6.45) is 0. The molecule has 0 aromatic heterocycles. The number of para-hydroxylation sites is 1. The van der Waals surface area contributed by atoms with Gasteiger partial charge in [0.1, 0.15) is 5.75 Å². The summed E-state index contributed by atoms with van der Waals surface area (Å²) >= 11 is 0. The smallest absolute Gasteiger partial charge is 0.396 e. The van der Waals surface area contributed by atoms with Crippen LogP contribution in [0.15, 0.2) is 54.6 Å². The van der Waals surface area contributed by atoms with Gasteiger partial charge < -0.3 is 13.4 Å². The van der Waals surface area contributed by atoms with E-state index in [4.69, 9.17) is 13.4 Å². The standard InChI is InChI=1S/C15H15NO3Si/c1-2-17-14-10-6-7-12(11-14)15-16(19-20-18-15)13-8-4-3-5-9-13/h3-11,20H,2H2,1H3. The number of ether oxygens (including phenoxy) is 1. The predicted molar refractivity (Wildman–Crippen MR) is 79.1 cm³/mol. The summed E-state index contributed by atoms with van der Waals surface area (Å²) in [4.78, 5) is 0. The molecule has 0 radical (unpaired) electrons. The van der Waals surface area contributed by atoms with Gasteiger partial charge in [-0.15, -0.1) is 0 Å². The van der Waals surface area contributed by atoms with Gasteiger partial charge in [-0.2, -0.15) is 5.06 Å². The molecule has 2 aromatic rings. The highest BCUT2D eigenvalue weighted by Crippen LogP contribution is 2.22. The highest BCUT2D eigenvalue weighted by molar-refractivity contribution is 6.25. The van der Waals surface area contributed by atoms with Crippen LogP contribution in [0.5, 0.6) is 5.75 Å². The van der Waals surface area contributed by atoms with Crippen LogP contribution in [0, 0.1) is 0 Å². The molecule has 1 aliphatic heterocycles. The zero-order valence-electron chi connectivity index (χ0n) is 11.2. The summed E-state index contributed by atoms with van der Waals surface area (Å²) in [5.41, 5.74) is 1.90. The Balaban J connectivity index is 1.91. The van der Waals surface area contributed by atoms with Crippen molar-refractivity contribution in [2.24, 2.45) is 0 Å². The summed E-state index contributed by atoms with van der Waals surface area (Å²) < 4.78 is 16.8. The molecule has 4 nitrogen and oxygen atoms in total. The summed E-state index contributed by atoms with van der Waals surface area (Å²) in [5.74, 6) is 1.55. The Hall–Kier alpha value is -2.11. The minimum atomic E-state index is -0.524. The van der Waals surface area contributed by atoms with Gasteiger partial charge >= 0.3 is 15.9 Å². The average molecular weight is 285 g/mol. The van der Waals surface area contributed by atoms with Crippen molar-refractivity contribution in [3.05, 3.63) is 60.2 Å². The maximum absolute atomic E-state index is 5.69. The van der Waals surface area contributed by atoms with Gasteiger partial charge in [-0.25, -0.2) is 0 Å². The second-order valence-corrected chi connectivity index (χ2v) is 4.85. The third-order valence-corrected chi connectivity index (χ3v) is 3.49. The normalized spacial score (nSPS) is 13.8. The highest BCUT2D eigenvalue weighted by atomic mass is 28.3. The minimum absolute atomic E-state index is 0.524. The van der Waals surface area contributed by atoms with Crippen LogP contribution in [0.1, 0.15) is 16.6 Å². The van der Waals surface area contributed by atoms with Gasteiger partial charge in [-0.3, -0.25) is 0 Å². The number of nitrogens with zero attached hydrogens (tertiary/aromatic N) is 1. The third-order valence-electron chi connectivity index (χ3n) is 2.88. The van der Waals surface area contributed by atoms with Gasteiger partial charge in [0.25, 0.3) is 0 Å². The molecule has 0 bridgehead atoms. The molecule has 0 N–H and O–H groups in total. The maximum Gasteiger partial charge on any atom is 0.396 e. The first-order valence-electron chi connectivity index (χ1n) is 6.49. The van der Waals surface area contributed by atoms with E-state index in [1.165, 1.54) is 0 Å². The topological polar surface area (TPSA) is 33.0 Å². The second kappa shape index (κ2) is 5.90. The van der Waals surface area contributed by atoms with Crippen LogP contribution < -0.4 is 9.80 Å². The molecule has 0 saturated carbocycles. The van der Waals surface area contributed by atoms with Crippen molar-refractivity contribution in [2.75, 3.05) is 11.7 Å². The van der Waals surface area contributed by atoms with Crippen molar-refractivity contribution in [1.82, 2.24) is 0 Å². The number of benzene rings is 2. The molecular formula is C15H15NO3Si. The monoisotopic (exact) mass is 285 g/mol. The third kappa shape index (κ3) is 2.59. The van der Waals surface area contributed by atoms with E-state index < -0.39 is 10.0 Å². The van der Waals surface area contributed by atoms with Crippen molar-refractivity contribution < 1.29 is 13.4 Å². The summed E-state index contributed by atoms with van der Waals surface area (Å²) in [5, 5.41) is 1.74. The average Bonchev–Trinajstić information content (AvgIpc) is 2.98. The van der Waals surface area contributed by atoms with E-state index in [9.17, 15) is 0 Å². The Kier molecular flexibility index (Phi) is 3.80. The molecule has 0 saturated heterocycles. The predicted octanol–water partition coefficient (Wildman–Crippen LogP) is 2.48. The molecule has 1 aliphatic rings. The Morgan fingerprint density at radius 2 is 2.00 bits per heavy atom. The summed E-state index contributed by atoms with van der Waals surface area (Å²) in [6.45, 7) is 2.61. The fourth-order valence-corrected chi connectivity index (χ4v) is 2.69. The van der Waals surface area contributed by atoms with E-state index in [2.05, 4.69) is 0 Å². The lowest BCUT2D eigenvalue weighted by molar-refractivity contribution is -0.0839. The van der Waals surface area contributed by atoms with Crippen molar-refractivity contribution in [1.29, 1.82) is 0 Å². The quantitative estimate of drug-likeness (QED) is 0.638. The van der Waals surface area contributed by atoms with E-state index in [1.54, 1.807) is 5.06 Å². The molecule has 20 heavy (non-hydrogen) atoms. The molecule has 0 fully saturated rings. The van der Waals surface area contributed by atoms with Crippen LogP contribution in [0.3, 0.4) is 0 Å². The zero-order valence-corrected chi connectivity index (χ0v) is 12.3. The van der Waals surface area contributed by atoms with E-state index in [0.29, 0.717) is 12.5 Å². The van der Waals surface area contributed by atoms with Crippen LogP contribution >= 0.6 is 0 Å². The van der Waals surface area contributed by atoms with Gasteiger partial charge in [-0.1, -0.05) is 24.3 Å². The largest absolute Gasteiger partial charge is 0.494 e. The van der Waals surface area contributed by atoms with Crippen molar-refractivity contribution in [3.63, 3.8) is 0 Å². The van der Waals surface area contributed by atoms with E-state index >= 15 is 0 Å². The van der Waals surface area contributed by atoms with Gasteiger partial charge in [0, 0.05) is 0 Å². The Labute approximate surface area is 120 Å². The molecule has 0 unspecified atom stereocenters. The lowest BCUT2D eigenvalue weighted by atomic mass is 10.2. The van der Waals surface area contributed by atoms with Gasteiger partial charge in [0.05, 0.1) is 17.9 Å². The second-order valence-electron chi connectivity index (χ2n) is 4.22. The van der Waals surface area contributed by atoms with E-state index in [-0.39, 0.29) is 0 Å². The first-order valence-corrected chi connectivity index (χ1v) is 7.43. The number of hydroxylamine groups is 1. The van der Waals surface area contributed by atoms with Crippen LogP contribution in [0.2, 0.25) is 0 Å². The lowest BCUT2D eigenvalue weighted by Gasteiger charge is -2.15. The highest BCUT2D eigenvalue weighted by Gasteiger charge is 2.28. The van der Waals surface area contributed by atoms with Gasteiger partial charge in [0.15, 0.2) is 0 Å². The Morgan fingerprint density at radius 1 is 1.15 bits per heavy atom. The first kappa shape index (κ1) is 12.9. The molecule has 5 heteroatoms. The van der Waals surface area contributed by atoms with E-state index in [0.717, 1.165) is 17.0 Å². The minimum Gasteiger partial charge on any atom is -0.494 e. The van der Waals surface area contributed by atoms with Crippen LogP contribution in [0.4, 0.5) is 5.69 Å². The van der Waals surface area contributed by atoms with Crippen LogP contribution in [0.25, 0.3) is 0 Å². The molecule has 0 amide bonds. The molecule has 0 spiro atoms. The van der Waals surface area contributed by atoms with Gasteiger partial charge in [-0.05, 0) is 37.3 Å². The van der Waals surface area contributed by atoms with E-state index in [1.807, 2.05) is 61.5 Å². The van der Waals surface area contributed by atoms with Crippen molar-refractivity contribution in [3.8, 4) is 5.75 Å². The number of hydrogen-bond donors (Lipinski definition) is 0. The number of hydrogen-bond acceptors (Lipinski definition) is 3. The Bertz CT molecular complexity index is 616. The maximum atomic E-state index is 5.69. The van der Waals surface area contributed by atoms with Gasteiger partial charge in [0.2, 0.25) is 0 Å². The van der Waals surface area contributed by atoms with Crippen LogP contribution in [-0.4, -0.2) is 22.5 Å². The van der Waals surface area contributed by atoms with Crippen molar-refractivity contribution in [2.45, 2.75) is 6.92 Å². The number of rotatable bonds is 4. The molecule has 102 valence electrons. The fourth-order valence-electron chi connectivity index (χ4n) is 2.02. The molecule has 0 aliphatic carbocycles. The number of carbonyl (C=O) groups excluding carboxylic acids is 1. The number of amides is 1. The van der Waals surface area contributed by atoms with Crippen LogP contribution in [-0.2, 0) is 4.53 Å². The molecule has 2 aromatic carbocycles. The molecule has 1 heterocycles. The molecule has 0 atom stereocenters. The SMILES string of the molecule is CCOc1cccc(C2=[O+][SiH-]ON2c2ccccc2)c1. The first-order chi connectivity index (χ1) is 9.88. The number of anilines is 1. The molecule has 3 rings (SSSR count). The summed E-state index contributed by atoms with van der Waals surface area (Å²) in [6, 6.07) is 17.7. The Morgan fingerprint density at radius 3 is 2.80 bits per heavy atom. The summed E-state index contributed by atoms with van der Waals surface area (Å²) in [7, 11) is -0.524. The molecular weight excluding hydrogens is 270 g/mol.